The molecule has 1 aliphatic rings. The monoisotopic (exact) mass is 203 g/mol. The van der Waals surface area contributed by atoms with Crippen LogP contribution >= 0.6 is 0 Å². The van der Waals surface area contributed by atoms with Crippen molar-refractivity contribution in [3.63, 3.8) is 0 Å². The Labute approximate surface area is 92.7 Å². The Morgan fingerprint density at radius 2 is 2.00 bits per heavy atom. The SMILES string of the molecule is Cc1ccccc1C1CC(CC(C)N)C1. The summed E-state index contributed by atoms with van der Waals surface area (Å²) in [7, 11) is 0. The molecule has 1 aromatic carbocycles. The normalized spacial score (nSPS) is 27.1. The first kappa shape index (κ1) is 10.7. The van der Waals surface area contributed by atoms with Gasteiger partial charge in [-0.1, -0.05) is 24.3 Å². The minimum atomic E-state index is 0.368. The van der Waals surface area contributed by atoms with Crippen LogP contribution in [0.2, 0.25) is 0 Å². The highest BCUT2D eigenvalue weighted by atomic mass is 14.6. The molecular formula is C14H21N. The zero-order valence-electron chi connectivity index (χ0n) is 9.74. The number of hydrogen-bond acceptors (Lipinski definition) is 1. The summed E-state index contributed by atoms with van der Waals surface area (Å²) in [4.78, 5) is 0. The molecule has 1 aliphatic carbocycles. The third-order valence-corrected chi connectivity index (χ3v) is 3.57. The second-order valence-electron chi connectivity index (χ2n) is 5.10. The molecule has 2 rings (SSSR count). The summed E-state index contributed by atoms with van der Waals surface area (Å²) in [6.45, 7) is 4.33. The van der Waals surface area contributed by atoms with E-state index in [9.17, 15) is 0 Å². The Kier molecular flexibility index (Phi) is 3.11. The first-order valence-electron chi connectivity index (χ1n) is 5.98. The molecule has 1 unspecified atom stereocenters. The molecule has 1 heteroatoms. The minimum Gasteiger partial charge on any atom is -0.328 e. The van der Waals surface area contributed by atoms with Crippen LogP contribution in [0.3, 0.4) is 0 Å². The van der Waals surface area contributed by atoms with E-state index in [0.29, 0.717) is 6.04 Å². The fraction of sp³-hybridized carbons (Fsp3) is 0.571. The maximum Gasteiger partial charge on any atom is 0.00131 e. The van der Waals surface area contributed by atoms with Crippen molar-refractivity contribution in [1.29, 1.82) is 0 Å². The molecule has 15 heavy (non-hydrogen) atoms. The quantitative estimate of drug-likeness (QED) is 0.802. The van der Waals surface area contributed by atoms with Gasteiger partial charge in [-0.2, -0.15) is 0 Å². The van der Waals surface area contributed by atoms with Crippen LogP contribution in [-0.4, -0.2) is 6.04 Å². The maximum absolute atomic E-state index is 5.82. The van der Waals surface area contributed by atoms with E-state index in [1.807, 2.05) is 0 Å². The summed E-state index contributed by atoms with van der Waals surface area (Å²) < 4.78 is 0. The molecule has 82 valence electrons. The lowest BCUT2D eigenvalue weighted by atomic mass is 9.68. The first-order valence-corrected chi connectivity index (χ1v) is 5.98. The van der Waals surface area contributed by atoms with Gasteiger partial charge in [-0.25, -0.2) is 0 Å². The highest BCUT2D eigenvalue weighted by Crippen LogP contribution is 2.44. The van der Waals surface area contributed by atoms with Gasteiger partial charge in [-0.05, 0) is 56.1 Å². The lowest BCUT2D eigenvalue weighted by molar-refractivity contribution is 0.236. The molecule has 0 aromatic heterocycles. The van der Waals surface area contributed by atoms with Crippen LogP contribution in [0, 0.1) is 12.8 Å². The molecule has 1 aromatic rings. The van der Waals surface area contributed by atoms with Crippen molar-refractivity contribution < 1.29 is 0 Å². The Morgan fingerprint density at radius 1 is 1.33 bits per heavy atom. The van der Waals surface area contributed by atoms with E-state index in [2.05, 4.69) is 38.1 Å². The van der Waals surface area contributed by atoms with Gasteiger partial charge < -0.3 is 5.73 Å². The van der Waals surface area contributed by atoms with Gasteiger partial charge >= 0.3 is 0 Å². The third-order valence-electron chi connectivity index (χ3n) is 3.57. The zero-order chi connectivity index (χ0) is 10.8. The molecule has 1 fully saturated rings. The van der Waals surface area contributed by atoms with Crippen LogP contribution in [0.1, 0.15) is 43.2 Å². The number of aryl methyl sites for hydroxylation is 1. The Morgan fingerprint density at radius 3 is 2.60 bits per heavy atom. The standard InChI is InChI=1S/C14H21N/c1-10-5-3-4-6-14(10)13-8-12(9-13)7-11(2)15/h3-6,11-13H,7-9,15H2,1-2H3. The van der Waals surface area contributed by atoms with Gasteiger partial charge in [0.2, 0.25) is 0 Å². The maximum atomic E-state index is 5.82. The molecule has 1 nitrogen and oxygen atoms in total. The number of hydrogen-bond donors (Lipinski definition) is 1. The lowest BCUT2D eigenvalue weighted by Gasteiger charge is -2.37. The summed E-state index contributed by atoms with van der Waals surface area (Å²) >= 11 is 0. The van der Waals surface area contributed by atoms with Crippen LogP contribution in [0.25, 0.3) is 0 Å². The Bertz CT molecular complexity index is 324. The summed E-state index contributed by atoms with van der Waals surface area (Å²) in [5.74, 6) is 1.67. The minimum absolute atomic E-state index is 0.368. The predicted molar refractivity (Wildman–Crippen MR) is 64.9 cm³/mol. The van der Waals surface area contributed by atoms with E-state index in [-0.39, 0.29) is 0 Å². The topological polar surface area (TPSA) is 26.0 Å². The van der Waals surface area contributed by atoms with E-state index in [1.165, 1.54) is 24.8 Å². The molecular weight excluding hydrogens is 182 g/mol. The largest absolute Gasteiger partial charge is 0.328 e. The van der Waals surface area contributed by atoms with Gasteiger partial charge in [0.1, 0.15) is 0 Å². The van der Waals surface area contributed by atoms with Crippen LogP contribution < -0.4 is 5.73 Å². The Balaban J connectivity index is 1.92. The third kappa shape index (κ3) is 2.40. The fourth-order valence-electron chi connectivity index (χ4n) is 2.75. The second-order valence-corrected chi connectivity index (χ2v) is 5.10. The van der Waals surface area contributed by atoms with Crippen molar-refractivity contribution in [1.82, 2.24) is 0 Å². The van der Waals surface area contributed by atoms with E-state index >= 15 is 0 Å². The highest BCUT2D eigenvalue weighted by molar-refractivity contribution is 5.30. The van der Waals surface area contributed by atoms with Crippen LogP contribution in [0.15, 0.2) is 24.3 Å². The van der Waals surface area contributed by atoms with Crippen molar-refractivity contribution in [3.8, 4) is 0 Å². The molecule has 0 radical (unpaired) electrons. The molecule has 1 saturated carbocycles. The molecule has 0 bridgehead atoms. The van der Waals surface area contributed by atoms with Crippen molar-refractivity contribution in [2.45, 2.75) is 45.1 Å². The molecule has 0 heterocycles. The van der Waals surface area contributed by atoms with Gasteiger partial charge in [0.25, 0.3) is 0 Å². The average molecular weight is 203 g/mol. The fourth-order valence-corrected chi connectivity index (χ4v) is 2.75. The number of benzene rings is 1. The average Bonchev–Trinajstić information content (AvgIpc) is 2.12. The van der Waals surface area contributed by atoms with Gasteiger partial charge in [0.05, 0.1) is 0 Å². The van der Waals surface area contributed by atoms with E-state index in [0.717, 1.165) is 11.8 Å². The van der Waals surface area contributed by atoms with Crippen molar-refractivity contribution >= 4 is 0 Å². The van der Waals surface area contributed by atoms with E-state index in [4.69, 9.17) is 5.73 Å². The van der Waals surface area contributed by atoms with E-state index in [1.54, 1.807) is 5.56 Å². The van der Waals surface area contributed by atoms with Crippen molar-refractivity contribution in [2.24, 2.45) is 11.7 Å². The smallest absolute Gasteiger partial charge is 0.00131 e. The second kappa shape index (κ2) is 4.36. The van der Waals surface area contributed by atoms with Gasteiger partial charge in [0.15, 0.2) is 0 Å². The highest BCUT2D eigenvalue weighted by Gasteiger charge is 2.31. The number of nitrogens with two attached hydrogens (primary N) is 1. The summed E-state index contributed by atoms with van der Waals surface area (Å²) in [5, 5.41) is 0. The van der Waals surface area contributed by atoms with Crippen LogP contribution in [0.4, 0.5) is 0 Å². The molecule has 0 aliphatic heterocycles. The predicted octanol–water partition coefficient (Wildman–Crippen LogP) is 3.23. The molecule has 0 spiro atoms. The van der Waals surface area contributed by atoms with Gasteiger partial charge in [-0.15, -0.1) is 0 Å². The Hall–Kier alpha value is -0.820. The molecule has 1 atom stereocenters. The van der Waals surface area contributed by atoms with Crippen molar-refractivity contribution in [2.75, 3.05) is 0 Å². The summed E-state index contributed by atoms with van der Waals surface area (Å²) in [6, 6.07) is 9.14. The molecule has 0 amide bonds. The molecule has 0 saturated heterocycles. The first-order chi connectivity index (χ1) is 7.16. The van der Waals surface area contributed by atoms with Crippen molar-refractivity contribution in [3.05, 3.63) is 35.4 Å². The van der Waals surface area contributed by atoms with Gasteiger partial charge in [0, 0.05) is 6.04 Å². The van der Waals surface area contributed by atoms with Gasteiger partial charge in [-0.3, -0.25) is 0 Å². The molecule has 2 N–H and O–H groups in total. The zero-order valence-corrected chi connectivity index (χ0v) is 9.74. The van der Waals surface area contributed by atoms with Crippen LogP contribution in [-0.2, 0) is 0 Å². The lowest BCUT2D eigenvalue weighted by Crippen LogP contribution is -2.28. The van der Waals surface area contributed by atoms with E-state index < -0.39 is 0 Å². The summed E-state index contributed by atoms with van der Waals surface area (Å²) in [6.07, 6.45) is 3.88. The summed E-state index contributed by atoms with van der Waals surface area (Å²) in [5.41, 5.74) is 8.82. The van der Waals surface area contributed by atoms with Crippen LogP contribution in [0.5, 0.6) is 0 Å². The number of rotatable bonds is 3.